The van der Waals surface area contributed by atoms with Gasteiger partial charge in [0.2, 0.25) is 0 Å². The highest BCUT2D eigenvalue weighted by Gasteiger charge is 2.09. The monoisotopic (exact) mass is 256 g/mol. The van der Waals surface area contributed by atoms with Crippen LogP contribution in [0.1, 0.15) is 21.6 Å². The average Bonchev–Trinajstić information content (AvgIpc) is 2.46. The fraction of sp³-hybridized carbons (Fsp3) is 0.200. The molecule has 1 heterocycles. The third kappa shape index (κ3) is 3.31. The Balaban J connectivity index is 1.98. The van der Waals surface area contributed by atoms with Gasteiger partial charge in [0.05, 0.1) is 7.11 Å². The van der Waals surface area contributed by atoms with Crippen LogP contribution in [0.4, 0.5) is 0 Å². The van der Waals surface area contributed by atoms with Gasteiger partial charge in [-0.15, -0.1) is 0 Å². The smallest absolute Gasteiger partial charge is 0.270 e. The van der Waals surface area contributed by atoms with Crippen LogP contribution in [0, 0.1) is 6.92 Å². The number of carbonyl (C=O) groups is 1. The van der Waals surface area contributed by atoms with Crippen molar-refractivity contribution in [3.63, 3.8) is 0 Å². The number of amides is 1. The number of hydrogen-bond acceptors (Lipinski definition) is 3. The highest BCUT2D eigenvalue weighted by atomic mass is 16.5. The molecule has 0 fully saturated rings. The number of hydrogen-bond donors (Lipinski definition) is 1. The van der Waals surface area contributed by atoms with Gasteiger partial charge in [-0.3, -0.25) is 9.78 Å². The zero-order chi connectivity index (χ0) is 13.7. The Hall–Kier alpha value is -2.36. The van der Waals surface area contributed by atoms with Crippen LogP contribution in [0.15, 0.2) is 42.6 Å². The molecule has 98 valence electrons. The van der Waals surface area contributed by atoms with Crippen molar-refractivity contribution in [2.75, 3.05) is 7.11 Å². The average molecular weight is 256 g/mol. The predicted molar refractivity (Wildman–Crippen MR) is 73.1 cm³/mol. The first-order valence-corrected chi connectivity index (χ1v) is 6.03. The second-order valence-electron chi connectivity index (χ2n) is 4.20. The van der Waals surface area contributed by atoms with E-state index in [0.29, 0.717) is 12.2 Å². The maximum Gasteiger partial charge on any atom is 0.270 e. The van der Waals surface area contributed by atoms with Gasteiger partial charge in [-0.1, -0.05) is 18.2 Å². The normalized spacial score (nSPS) is 10.0. The zero-order valence-corrected chi connectivity index (χ0v) is 11.0. The van der Waals surface area contributed by atoms with Crippen LogP contribution >= 0.6 is 0 Å². The summed E-state index contributed by atoms with van der Waals surface area (Å²) in [5.74, 6) is 0.643. The summed E-state index contributed by atoms with van der Waals surface area (Å²) in [6.07, 6.45) is 1.62. The Bertz CT molecular complexity index is 565. The van der Waals surface area contributed by atoms with E-state index in [1.165, 1.54) is 0 Å². The number of pyridine rings is 1. The van der Waals surface area contributed by atoms with Crippen molar-refractivity contribution in [2.45, 2.75) is 13.5 Å². The molecule has 2 aromatic rings. The number of ether oxygens (including phenoxy) is 1. The van der Waals surface area contributed by atoms with Crippen LogP contribution in [-0.2, 0) is 6.54 Å². The summed E-state index contributed by atoms with van der Waals surface area (Å²) in [5, 5.41) is 2.85. The molecule has 0 spiro atoms. The minimum atomic E-state index is -0.158. The molecule has 1 aromatic carbocycles. The Morgan fingerprint density at radius 1 is 1.26 bits per heavy atom. The molecular formula is C15H16N2O2. The van der Waals surface area contributed by atoms with E-state index in [2.05, 4.69) is 10.3 Å². The number of aryl methyl sites for hydroxylation is 1. The van der Waals surface area contributed by atoms with Gasteiger partial charge >= 0.3 is 0 Å². The minimum Gasteiger partial charge on any atom is -0.497 e. The molecule has 0 bridgehead atoms. The summed E-state index contributed by atoms with van der Waals surface area (Å²) in [7, 11) is 1.63. The van der Waals surface area contributed by atoms with E-state index in [4.69, 9.17) is 4.74 Å². The number of rotatable bonds is 4. The van der Waals surface area contributed by atoms with Gasteiger partial charge in [-0.25, -0.2) is 0 Å². The van der Waals surface area contributed by atoms with E-state index in [-0.39, 0.29) is 5.91 Å². The van der Waals surface area contributed by atoms with Crippen molar-refractivity contribution in [2.24, 2.45) is 0 Å². The molecule has 0 aliphatic rings. The molecule has 1 aromatic heterocycles. The number of carbonyl (C=O) groups excluding carboxylic acids is 1. The van der Waals surface area contributed by atoms with Crippen LogP contribution in [0.3, 0.4) is 0 Å². The summed E-state index contributed by atoms with van der Waals surface area (Å²) < 4.78 is 5.08. The van der Waals surface area contributed by atoms with Crippen molar-refractivity contribution >= 4 is 5.91 Å². The first-order valence-electron chi connectivity index (χ1n) is 6.03. The lowest BCUT2D eigenvalue weighted by molar-refractivity contribution is 0.0945. The lowest BCUT2D eigenvalue weighted by atomic mass is 10.2. The van der Waals surface area contributed by atoms with Gasteiger partial charge in [0.25, 0.3) is 5.91 Å². The topological polar surface area (TPSA) is 51.2 Å². The third-order valence-electron chi connectivity index (χ3n) is 2.84. The van der Waals surface area contributed by atoms with E-state index < -0.39 is 0 Å². The van der Waals surface area contributed by atoms with E-state index in [1.807, 2.05) is 43.3 Å². The van der Waals surface area contributed by atoms with E-state index in [0.717, 1.165) is 16.9 Å². The Morgan fingerprint density at radius 2 is 2.00 bits per heavy atom. The first kappa shape index (κ1) is 13.1. The van der Waals surface area contributed by atoms with Crippen molar-refractivity contribution < 1.29 is 9.53 Å². The minimum absolute atomic E-state index is 0.158. The molecule has 0 radical (unpaired) electrons. The molecule has 0 saturated carbocycles. The maximum atomic E-state index is 12.0. The Kier molecular flexibility index (Phi) is 4.13. The molecule has 4 heteroatoms. The van der Waals surface area contributed by atoms with Crippen LogP contribution in [0.25, 0.3) is 0 Å². The van der Waals surface area contributed by atoms with Gasteiger partial charge in [-0.05, 0) is 36.2 Å². The lowest BCUT2D eigenvalue weighted by Crippen LogP contribution is -2.24. The number of nitrogens with one attached hydrogen (secondary N) is 1. The van der Waals surface area contributed by atoms with Crippen LogP contribution in [0.2, 0.25) is 0 Å². The van der Waals surface area contributed by atoms with Crippen molar-refractivity contribution in [3.05, 3.63) is 59.4 Å². The molecule has 0 aliphatic carbocycles. The SMILES string of the molecule is COc1ccc(CNC(=O)c2ncccc2C)cc1. The lowest BCUT2D eigenvalue weighted by Gasteiger charge is -2.07. The molecular weight excluding hydrogens is 240 g/mol. The summed E-state index contributed by atoms with van der Waals surface area (Å²) in [5.41, 5.74) is 2.36. The van der Waals surface area contributed by atoms with Crippen molar-refractivity contribution in [1.29, 1.82) is 0 Å². The second-order valence-corrected chi connectivity index (χ2v) is 4.20. The number of methoxy groups -OCH3 is 1. The molecule has 0 atom stereocenters. The maximum absolute atomic E-state index is 12.0. The van der Waals surface area contributed by atoms with Crippen LogP contribution < -0.4 is 10.1 Å². The molecule has 2 rings (SSSR count). The largest absolute Gasteiger partial charge is 0.497 e. The quantitative estimate of drug-likeness (QED) is 0.913. The molecule has 1 amide bonds. The van der Waals surface area contributed by atoms with Gasteiger partial charge in [0.15, 0.2) is 0 Å². The second kappa shape index (κ2) is 6.00. The van der Waals surface area contributed by atoms with E-state index in [9.17, 15) is 4.79 Å². The number of benzene rings is 1. The highest BCUT2D eigenvalue weighted by Crippen LogP contribution is 2.11. The standard InChI is InChI=1S/C15H16N2O2/c1-11-4-3-9-16-14(11)15(18)17-10-12-5-7-13(19-2)8-6-12/h3-9H,10H2,1-2H3,(H,17,18). The Labute approximate surface area is 112 Å². The van der Waals surface area contributed by atoms with Crippen molar-refractivity contribution in [3.8, 4) is 5.75 Å². The number of aromatic nitrogens is 1. The zero-order valence-electron chi connectivity index (χ0n) is 11.0. The predicted octanol–water partition coefficient (Wildman–Crippen LogP) is 2.33. The van der Waals surface area contributed by atoms with Crippen molar-refractivity contribution in [1.82, 2.24) is 10.3 Å². The molecule has 19 heavy (non-hydrogen) atoms. The summed E-state index contributed by atoms with van der Waals surface area (Å²) in [6.45, 7) is 2.34. The molecule has 0 unspecified atom stereocenters. The van der Waals surface area contributed by atoms with Crippen LogP contribution in [-0.4, -0.2) is 18.0 Å². The fourth-order valence-corrected chi connectivity index (χ4v) is 1.73. The Morgan fingerprint density at radius 3 is 2.63 bits per heavy atom. The van der Waals surface area contributed by atoms with E-state index in [1.54, 1.807) is 13.3 Å². The molecule has 1 N–H and O–H groups in total. The number of nitrogens with zero attached hydrogens (tertiary/aromatic N) is 1. The fourth-order valence-electron chi connectivity index (χ4n) is 1.73. The molecule has 4 nitrogen and oxygen atoms in total. The summed E-state index contributed by atoms with van der Waals surface area (Å²) in [4.78, 5) is 16.0. The van der Waals surface area contributed by atoms with Gasteiger partial charge in [0.1, 0.15) is 11.4 Å². The third-order valence-corrected chi connectivity index (χ3v) is 2.84. The summed E-state index contributed by atoms with van der Waals surface area (Å²) in [6, 6.07) is 11.3. The van der Waals surface area contributed by atoms with E-state index >= 15 is 0 Å². The summed E-state index contributed by atoms with van der Waals surface area (Å²) >= 11 is 0. The van der Waals surface area contributed by atoms with Gasteiger partial charge in [-0.2, -0.15) is 0 Å². The van der Waals surface area contributed by atoms with Gasteiger partial charge in [0, 0.05) is 12.7 Å². The van der Waals surface area contributed by atoms with Crippen LogP contribution in [0.5, 0.6) is 5.75 Å². The highest BCUT2D eigenvalue weighted by molar-refractivity contribution is 5.93. The molecule has 0 aliphatic heterocycles. The molecule has 0 saturated heterocycles. The first-order chi connectivity index (χ1) is 9.20. The van der Waals surface area contributed by atoms with Gasteiger partial charge < -0.3 is 10.1 Å².